The molecule has 3 aliphatic rings. The van der Waals surface area contributed by atoms with E-state index in [2.05, 4.69) is 39.3 Å². The van der Waals surface area contributed by atoms with Crippen LogP contribution in [0.15, 0.2) is 28.8 Å². The Bertz CT molecular complexity index is 687. The van der Waals surface area contributed by atoms with Crippen molar-refractivity contribution in [1.82, 2.24) is 15.0 Å². The maximum Gasteiger partial charge on any atom is 0.229 e. The highest BCUT2D eigenvalue weighted by molar-refractivity contribution is 5.34. The molecule has 4 heteroatoms. The first-order valence-corrected chi connectivity index (χ1v) is 8.54. The highest BCUT2D eigenvalue weighted by atomic mass is 16.5. The normalized spacial score (nSPS) is 24.0. The van der Waals surface area contributed by atoms with E-state index in [0.29, 0.717) is 18.0 Å². The van der Waals surface area contributed by atoms with Crippen molar-refractivity contribution in [3.63, 3.8) is 0 Å². The van der Waals surface area contributed by atoms with Gasteiger partial charge in [0.1, 0.15) is 0 Å². The number of hydrogen-bond donors (Lipinski definition) is 0. The molecule has 114 valence electrons. The number of fused-ring (bicyclic) bond motifs is 1. The first kappa shape index (κ1) is 12.8. The minimum Gasteiger partial charge on any atom is -0.339 e. The fraction of sp³-hybridized carbons (Fsp3) is 0.556. The standard InChI is InChI=1S/C18H21N3O/c1-2-4-15-12(3-1)7-10-16(15)21(14-8-9-14)11-17-19-18(22-20-17)13-5-6-13/h1-4,13-14,16H,5-11H2/t16-/m0/s1. The Morgan fingerprint density at radius 2 is 1.95 bits per heavy atom. The van der Waals surface area contributed by atoms with Crippen molar-refractivity contribution in [2.75, 3.05) is 0 Å². The van der Waals surface area contributed by atoms with Gasteiger partial charge in [0.05, 0.1) is 6.54 Å². The van der Waals surface area contributed by atoms with Gasteiger partial charge in [0.15, 0.2) is 5.82 Å². The lowest BCUT2D eigenvalue weighted by Crippen LogP contribution is -2.29. The van der Waals surface area contributed by atoms with Crippen molar-refractivity contribution in [1.29, 1.82) is 0 Å². The third-order valence-corrected chi connectivity index (χ3v) is 5.25. The zero-order valence-electron chi connectivity index (χ0n) is 12.7. The minimum absolute atomic E-state index is 0.534. The number of nitrogens with zero attached hydrogens (tertiary/aromatic N) is 3. The summed E-state index contributed by atoms with van der Waals surface area (Å²) < 4.78 is 5.43. The van der Waals surface area contributed by atoms with E-state index in [4.69, 9.17) is 4.52 Å². The number of hydrogen-bond acceptors (Lipinski definition) is 4. The van der Waals surface area contributed by atoms with E-state index in [-0.39, 0.29) is 0 Å². The van der Waals surface area contributed by atoms with Gasteiger partial charge in [0.2, 0.25) is 5.89 Å². The van der Waals surface area contributed by atoms with E-state index in [1.54, 1.807) is 0 Å². The van der Waals surface area contributed by atoms with Crippen molar-refractivity contribution in [3.8, 4) is 0 Å². The summed E-state index contributed by atoms with van der Waals surface area (Å²) in [6.45, 7) is 0.833. The number of aryl methyl sites for hydroxylation is 1. The van der Waals surface area contributed by atoms with E-state index in [0.717, 1.165) is 18.3 Å². The molecule has 0 unspecified atom stereocenters. The summed E-state index contributed by atoms with van der Waals surface area (Å²) in [7, 11) is 0. The topological polar surface area (TPSA) is 42.2 Å². The van der Waals surface area contributed by atoms with Crippen molar-refractivity contribution in [2.45, 2.75) is 63.1 Å². The molecule has 22 heavy (non-hydrogen) atoms. The van der Waals surface area contributed by atoms with Crippen LogP contribution in [0.1, 0.15) is 66.9 Å². The smallest absolute Gasteiger partial charge is 0.229 e. The molecule has 0 spiro atoms. The van der Waals surface area contributed by atoms with Crippen LogP contribution in [0, 0.1) is 0 Å². The SMILES string of the molecule is c1ccc2c(c1)CC[C@@H]2N(Cc1noc(C2CC2)n1)C1CC1. The molecule has 2 saturated carbocycles. The summed E-state index contributed by atoms with van der Waals surface area (Å²) in [5, 5.41) is 4.23. The number of aromatic nitrogens is 2. The van der Waals surface area contributed by atoms with Crippen molar-refractivity contribution >= 4 is 0 Å². The Morgan fingerprint density at radius 1 is 1.09 bits per heavy atom. The highest BCUT2D eigenvalue weighted by Crippen LogP contribution is 2.43. The van der Waals surface area contributed by atoms with Gasteiger partial charge in [-0.3, -0.25) is 4.90 Å². The first-order valence-electron chi connectivity index (χ1n) is 8.54. The van der Waals surface area contributed by atoms with Crippen molar-refractivity contribution in [2.24, 2.45) is 0 Å². The molecule has 1 aromatic carbocycles. The van der Waals surface area contributed by atoms with Crippen LogP contribution in [0.5, 0.6) is 0 Å². The maximum absolute atomic E-state index is 5.43. The first-order chi connectivity index (χ1) is 10.9. The number of benzene rings is 1. The van der Waals surface area contributed by atoms with Crippen LogP contribution >= 0.6 is 0 Å². The molecule has 5 rings (SSSR count). The molecular formula is C18H21N3O. The van der Waals surface area contributed by atoms with E-state index in [9.17, 15) is 0 Å². The van der Waals surface area contributed by atoms with E-state index >= 15 is 0 Å². The van der Waals surface area contributed by atoms with Crippen LogP contribution in [0.25, 0.3) is 0 Å². The molecule has 1 atom stereocenters. The molecule has 0 amide bonds. The third-order valence-electron chi connectivity index (χ3n) is 5.25. The Morgan fingerprint density at radius 3 is 2.77 bits per heavy atom. The van der Waals surface area contributed by atoms with Crippen molar-refractivity contribution in [3.05, 3.63) is 47.1 Å². The van der Waals surface area contributed by atoms with Gasteiger partial charge in [-0.1, -0.05) is 29.4 Å². The summed E-state index contributed by atoms with van der Waals surface area (Å²) >= 11 is 0. The van der Waals surface area contributed by atoms with Gasteiger partial charge >= 0.3 is 0 Å². The minimum atomic E-state index is 0.534. The molecule has 3 aliphatic carbocycles. The largest absolute Gasteiger partial charge is 0.339 e. The summed E-state index contributed by atoms with van der Waals surface area (Å²) in [4.78, 5) is 7.25. The molecule has 0 aliphatic heterocycles. The van der Waals surface area contributed by atoms with Crippen LogP contribution < -0.4 is 0 Å². The van der Waals surface area contributed by atoms with E-state index < -0.39 is 0 Å². The van der Waals surface area contributed by atoms with Crippen LogP contribution in [-0.2, 0) is 13.0 Å². The molecule has 1 aromatic heterocycles. The third kappa shape index (κ3) is 2.26. The van der Waals surface area contributed by atoms with Crippen LogP contribution in [0.2, 0.25) is 0 Å². The monoisotopic (exact) mass is 295 g/mol. The Labute approximate surface area is 130 Å². The van der Waals surface area contributed by atoms with Crippen molar-refractivity contribution < 1.29 is 4.52 Å². The van der Waals surface area contributed by atoms with Gasteiger partial charge in [-0.25, -0.2) is 0 Å². The zero-order chi connectivity index (χ0) is 14.5. The Hall–Kier alpha value is -1.68. The summed E-state index contributed by atoms with van der Waals surface area (Å²) in [5.41, 5.74) is 3.03. The zero-order valence-corrected chi connectivity index (χ0v) is 12.7. The number of rotatable bonds is 5. The maximum atomic E-state index is 5.43. The molecule has 4 nitrogen and oxygen atoms in total. The quantitative estimate of drug-likeness (QED) is 0.845. The molecular weight excluding hydrogens is 274 g/mol. The van der Waals surface area contributed by atoms with E-state index in [1.807, 2.05) is 0 Å². The van der Waals surface area contributed by atoms with Crippen LogP contribution in [-0.4, -0.2) is 21.1 Å². The van der Waals surface area contributed by atoms with Gasteiger partial charge in [-0.05, 0) is 49.7 Å². The second-order valence-corrected chi connectivity index (χ2v) is 6.98. The lowest BCUT2D eigenvalue weighted by atomic mass is 10.1. The molecule has 2 aromatic rings. The molecule has 0 N–H and O–H groups in total. The predicted molar refractivity (Wildman–Crippen MR) is 82.3 cm³/mol. The fourth-order valence-electron chi connectivity index (χ4n) is 3.77. The van der Waals surface area contributed by atoms with Gasteiger partial charge < -0.3 is 4.52 Å². The molecule has 0 bridgehead atoms. The average Bonchev–Trinajstić information content (AvgIpc) is 3.47. The highest BCUT2D eigenvalue weighted by Gasteiger charge is 2.38. The molecule has 0 radical (unpaired) electrons. The summed E-state index contributed by atoms with van der Waals surface area (Å²) in [5.74, 6) is 2.28. The van der Waals surface area contributed by atoms with Gasteiger partial charge in [-0.2, -0.15) is 4.98 Å². The van der Waals surface area contributed by atoms with Crippen LogP contribution in [0.3, 0.4) is 0 Å². The summed E-state index contributed by atoms with van der Waals surface area (Å²) in [6, 6.07) is 10.1. The second kappa shape index (κ2) is 4.92. The van der Waals surface area contributed by atoms with Gasteiger partial charge in [-0.15, -0.1) is 0 Å². The van der Waals surface area contributed by atoms with Gasteiger partial charge in [0, 0.05) is 18.0 Å². The lowest BCUT2D eigenvalue weighted by molar-refractivity contribution is 0.170. The average molecular weight is 295 g/mol. The fourth-order valence-corrected chi connectivity index (χ4v) is 3.77. The van der Waals surface area contributed by atoms with Gasteiger partial charge in [0.25, 0.3) is 0 Å². The Balaban J connectivity index is 1.40. The molecule has 0 saturated heterocycles. The van der Waals surface area contributed by atoms with E-state index in [1.165, 1.54) is 49.7 Å². The molecule has 2 fully saturated rings. The Kier molecular flexibility index (Phi) is 2.87. The summed E-state index contributed by atoms with van der Waals surface area (Å²) in [6.07, 6.45) is 7.47. The predicted octanol–water partition coefficient (Wildman–Crippen LogP) is 3.60. The second-order valence-electron chi connectivity index (χ2n) is 6.98. The molecule has 1 heterocycles. The lowest BCUT2D eigenvalue weighted by Gasteiger charge is -2.28. The van der Waals surface area contributed by atoms with Crippen LogP contribution in [0.4, 0.5) is 0 Å².